The number of nitrogens with zero attached hydrogens (tertiary/aromatic N) is 2. The van der Waals surface area contributed by atoms with Crippen molar-refractivity contribution < 1.29 is 23.7 Å². The third-order valence-electron chi connectivity index (χ3n) is 5.94. The molecule has 40 heavy (non-hydrogen) atoms. The maximum atomic E-state index is 14.0. The van der Waals surface area contributed by atoms with Crippen LogP contribution >= 0.6 is 27.3 Å². The smallest absolute Gasteiger partial charge is 0.338 e. The van der Waals surface area contributed by atoms with Crippen molar-refractivity contribution >= 4 is 39.3 Å². The summed E-state index contributed by atoms with van der Waals surface area (Å²) in [5.41, 5.74) is 1.84. The first-order valence-electron chi connectivity index (χ1n) is 12.6. The molecule has 1 aliphatic heterocycles. The first-order valence-corrected chi connectivity index (χ1v) is 14.2. The van der Waals surface area contributed by atoms with Crippen LogP contribution in [0.25, 0.3) is 6.08 Å². The summed E-state index contributed by atoms with van der Waals surface area (Å²) < 4.78 is 25.2. The average molecular weight is 626 g/mol. The van der Waals surface area contributed by atoms with Crippen molar-refractivity contribution in [2.24, 2.45) is 4.99 Å². The lowest BCUT2D eigenvalue weighted by Crippen LogP contribution is -2.40. The second kappa shape index (κ2) is 12.6. The quantitative estimate of drug-likeness (QED) is 0.260. The number of thiazole rings is 1. The second-order valence-corrected chi connectivity index (χ2v) is 10.9. The van der Waals surface area contributed by atoms with E-state index in [4.69, 9.17) is 25.4 Å². The molecule has 1 aliphatic rings. The number of carbonyl (C=O) groups excluding carboxylic acids is 1. The van der Waals surface area contributed by atoms with Crippen LogP contribution in [0.2, 0.25) is 0 Å². The van der Waals surface area contributed by atoms with Gasteiger partial charge in [0.2, 0.25) is 0 Å². The predicted octanol–water partition coefficient (Wildman–Crippen LogP) is 4.37. The summed E-state index contributed by atoms with van der Waals surface area (Å²) in [6.07, 6.45) is 6.97. The number of halogens is 1. The van der Waals surface area contributed by atoms with Crippen LogP contribution in [0.3, 0.4) is 0 Å². The van der Waals surface area contributed by atoms with Crippen LogP contribution in [0.4, 0.5) is 0 Å². The van der Waals surface area contributed by atoms with Gasteiger partial charge in [0.15, 0.2) is 16.3 Å². The minimum absolute atomic E-state index is 0.0804. The average Bonchev–Trinajstić information content (AvgIpc) is 3.21. The molecule has 3 aromatic rings. The molecule has 0 fully saturated rings. The van der Waals surface area contributed by atoms with Gasteiger partial charge in [-0.25, -0.2) is 9.79 Å². The van der Waals surface area contributed by atoms with E-state index < -0.39 is 12.0 Å². The number of esters is 1. The first-order chi connectivity index (χ1) is 19.2. The summed E-state index contributed by atoms with van der Waals surface area (Å²) in [6.45, 7) is 7.60. The minimum Gasteiger partial charge on any atom is -0.493 e. The molecule has 1 aromatic heterocycles. The number of methoxy groups -OCH3 is 1. The van der Waals surface area contributed by atoms with Crippen LogP contribution in [0.1, 0.15) is 44.9 Å². The van der Waals surface area contributed by atoms with Gasteiger partial charge in [0.25, 0.3) is 5.56 Å². The molecular formula is C30H29BrN2O6S. The van der Waals surface area contributed by atoms with E-state index in [1.54, 1.807) is 26.0 Å². The van der Waals surface area contributed by atoms with Gasteiger partial charge in [-0.05, 0) is 73.5 Å². The molecule has 8 nitrogen and oxygen atoms in total. The molecule has 2 aromatic carbocycles. The van der Waals surface area contributed by atoms with Gasteiger partial charge in [-0.1, -0.05) is 35.5 Å². The Balaban J connectivity index is 1.94. The number of carbonyl (C=O) groups is 1. The van der Waals surface area contributed by atoms with Crippen LogP contribution in [0, 0.1) is 12.3 Å². The van der Waals surface area contributed by atoms with Gasteiger partial charge in [-0.15, -0.1) is 6.42 Å². The molecule has 0 aliphatic carbocycles. The molecule has 0 amide bonds. The highest BCUT2D eigenvalue weighted by atomic mass is 79.9. The lowest BCUT2D eigenvalue weighted by Gasteiger charge is -2.26. The van der Waals surface area contributed by atoms with Crippen LogP contribution < -0.4 is 29.1 Å². The Morgan fingerprint density at radius 1 is 1.27 bits per heavy atom. The van der Waals surface area contributed by atoms with E-state index in [0.717, 1.165) is 0 Å². The molecule has 0 spiro atoms. The molecule has 10 heteroatoms. The zero-order chi connectivity index (χ0) is 29.0. The maximum absolute atomic E-state index is 14.0. The van der Waals surface area contributed by atoms with Crippen molar-refractivity contribution in [3.8, 4) is 29.6 Å². The lowest BCUT2D eigenvalue weighted by atomic mass is 9.95. The van der Waals surface area contributed by atoms with Crippen molar-refractivity contribution in [3.63, 3.8) is 0 Å². The minimum atomic E-state index is -0.784. The number of rotatable bonds is 9. The van der Waals surface area contributed by atoms with E-state index in [2.05, 4.69) is 26.8 Å². The number of para-hydroxylation sites is 1. The van der Waals surface area contributed by atoms with Crippen molar-refractivity contribution in [1.82, 2.24) is 4.57 Å². The normalized spacial score (nSPS) is 14.8. The summed E-state index contributed by atoms with van der Waals surface area (Å²) in [4.78, 5) is 32.3. The summed E-state index contributed by atoms with van der Waals surface area (Å²) >= 11 is 4.74. The van der Waals surface area contributed by atoms with Gasteiger partial charge in [-0.3, -0.25) is 9.36 Å². The Kier molecular flexibility index (Phi) is 9.17. The standard InChI is InChI=1S/C30H29BrN2O6S/c1-7-13-38-27-21(31)14-19(15-23(27)36-6)16-24-28(34)33-26(20-11-9-10-12-22(20)39-17(3)4)25(29(35)37-8-2)18(5)32-30(33)40-24/h1,9-12,14-17,26H,8,13H2,2-6H3/b24-16+/t26-/m1/s1. The maximum Gasteiger partial charge on any atom is 0.338 e. The van der Waals surface area contributed by atoms with Gasteiger partial charge in [-0.2, -0.15) is 0 Å². The van der Waals surface area contributed by atoms with E-state index in [0.29, 0.717) is 53.5 Å². The molecule has 0 saturated carbocycles. The van der Waals surface area contributed by atoms with E-state index in [9.17, 15) is 9.59 Å². The molecular weight excluding hydrogens is 596 g/mol. The number of benzene rings is 2. The molecule has 0 bridgehead atoms. The fraction of sp³-hybridized carbons (Fsp3) is 0.300. The molecule has 0 N–H and O–H groups in total. The van der Waals surface area contributed by atoms with Crippen molar-refractivity contribution in [3.05, 3.63) is 83.0 Å². The highest BCUT2D eigenvalue weighted by Crippen LogP contribution is 2.38. The van der Waals surface area contributed by atoms with E-state index in [1.807, 2.05) is 44.2 Å². The topological polar surface area (TPSA) is 88.4 Å². The Hall–Kier alpha value is -3.81. The summed E-state index contributed by atoms with van der Waals surface area (Å²) in [6, 6.07) is 10.2. The van der Waals surface area contributed by atoms with Crippen LogP contribution in [-0.4, -0.2) is 37.0 Å². The Bertz CT molecular complexity index is 1700. The summed E-state index contributed by atoms with van der Waals surface area (Å²) in [5.74, 6) is 3.41. The largest absolute Gasteiger partial charge is 0.493 e. The number of hydrogen-bond donors (Lipinski definition) is 0. The summed E-state index contributed by atoms with van der Waals surface area (Å²) in [7, 11) is 1.53. The lowest BCUT2D eigenvalue weighted by molar-refractivity contribution is -0.139. The monoisotopic (exact) mass is 624 g/mol. The van der Waals surface area contributed by atoms with Gasteiger partial charge in [0.1, 0.15) is 18.4 Å². The SMILES string of the molecule is C#CCOc1c(Br)cc(/C=c2/sc3n(c2=O)[C@H](c2ccccc2OC(C)C)C(C(=O)OCC)=C(C)N=3)cc1OC. The number of aromatic nitrogens is 1. The van der Waals surface area contributed by atoms with E-state index in [-0.39, 0.29) is 24.9 Å². The Labute approximate surface area is 244 Å². The highest BCUT2D eigenvalue weighted by molar-refractivity contribution is 9.10. The number of ether oxygens (including phenoxy) is 4. The number of allylic oxidation sites excluding steroid dienone is 1. The van der Waals surface area contributed by atoms with Crippen molar-refractivity contribution in [2.45, 2.75) is 39.8 Å². The van der Waals surface area contributed by atoms with Crippen molar-refractivity contribution in [2.75, 3.05) is 20.3 Å². The third-order valence-corrected chi connectivity index (χ3v) is 7.51. The third kappa shape index (κ3) is 5.86. The zero-order valence-corrected chi connectivity index (χ0v) is 25.2. The van der Waals surface area contributed by atoms with Crippen LogP contribution in [0.15, 0.2) is 61.9 Å². The fourth-order valence-corrected chi connectivity index (χ4v) is 6.00. The van der Waals surface area contributed by atoms with Gasteiger partial charge < -0.3 is 18.9 Å². The number of hydrogen-bond acceptors (Lipinski definition) is 8. The fourth-order valence-electron chi connectivity index (χ4n) is 4.38. The molecule has 2 heterocycles. The molecule has 0 unspecified atom stereocenters. The Morgan fingerprint density at radius 3 is 2.70 bits per heavy atom. The van der Waals surface area contributed by atoms with E-state index in [1.165, 1.54) is 23.0 Å². The molecule has 4 rings (SSSR count). The van der Waals surface area contributed by atoms with E-state index >= 15 is 0 Å². The van der Waals surface area contributed by atoms with Gasteiger partial charge >= 0.3 is 5.97 Å². The van der Waals surface area contributed by atoms with Gasteiger partial charge in [0.05, 0.1) is 40.1 Å². The molecule has 0 radical (unpaired) electrons. The van der Waals surface area contributed by atoms with Crippen LogP contribution in [0.5, 0.6) is 17.2 Å². The van der Waals surface area contributed by atoms with Gasteiger partial charge in [0, 0.05) is 5.56 Å². The molecule has 0 saturated heterocycles. The zero-order valence-electron chi connectivity index (χ0n) is 22.8. The highest BCUT2D eigenvalue weighted by Gasteiger charge is 2.35. The molecule has 208 valence electrons. The number of fused-ring (bicyclic) bond motifs is 1. The summed E-state index contributed by atoms with van der Waals surface area (Å²) in [5, 5.41) is 0. The number of terminal acetylenes is 1. The van der Waals surface area contributed by atoms with Crippen LogP contribution in [-0.2, 0) is 9.53 Å². The predicted molar refractivity (Wildman–Crippen MR) is 158 cm³/mol. The van der Waals surface area contributed by atoms with Crippen molar-refractivity contribution in [1.29, 1.82) is 0 Å². The molecule has 1 atom stereocenters. The first kappa shape index (κ1) is 29.2. The Morgan fingerprint density at radius 2 is 2.02 bits per heavy atom. The second-order valence-electron chi connectivity index (χ2n) is 9.03.